The lowest BCUT2D eigenvalue weighted by atomic mass is 10.1. The first kappa shape index (κ1) is 11.3. The van der Waals surface area contributed by atoms with E-state index in [0.717, 1.165) is 37.4 Å². The van der Waals surface area contributed by atoms with Gasteiger partial charge in [-0.15, -0.1) is 0 Å². The van der Waals surface area contributed by atoms with E-state index < -0.39 is 0 Å². The predicted octanol–water partition coefficient (Wildman–Crippen LogP) is 0.551. The van der Waals surface area contributed by atoms with Crippen LogP contribution in [0.25, 0.3) is 0 Å². The number of methoxy groups -OCH3 is 1. The van der Waals surface area contributed by atoms with Crippen LogP contribution in [0.15, 0.2) is 12.4 Å². The molecule has 16 heavy (non-hydrogen) atoms. The number of nitrogens with zero attached hydrogens (tertiary/aromatic N) is 3. The summed E-state index contributed by atoms with van der Waals surface area (Å²) in [6.45, 7) is 2.34. The molecule has 5 heteroatoms. The highest BCUT2D eigenvalue weighted by Gasteiger charge is 2.20. The highest BCUT2D eigenvalue weighted by atomic mass is 16.5. The van der Waals surface area contributed by atoms with Crippen molar-refractivity contribution in [2.75, 3.05) is 25.1 Å². The summed E-state index contributed by atoms with van der Waals surface area (Å²) in [4.78, 5) is 10.8. The molecule has 0 saturated carbocycles. The van der Waals surface area contributed by atoms with Crippen molar-refractivity contribution in [1.29, 1.82) is 0 Å². The Hall–Kier alpha value is -1.20. The Labute approximate surface area is 95.6 Å². The van der Waals surface area contributed by atoms with Gasteiger partial charge in [0.15, 0.2) is 0 Å². The van der Waals surface area contributed by atoms with Crippen molar-refractivity contribution < 1.29 is 4.74 Å². The minimum absolute atomic E-state index is 0.303. The molecule has 0 aromatic carbocycles. The predicted molar refractivity (Wildman–Crippen MR) is 62.2 cm³/mol. The van der Waals surface area contributed by atoms with Crippen LogP contribution in [0.4, 0.5) is 5.82 Å². The minimum atomic E-state index is 0.303. The Kier molecular flexibility index (Phi) is 3.69. The fourth-order valence-electron chi connectivity index (χ4n) is 1.98. The Morgan fingerprint density at radius 1 is 1.56 bits per heavy atom. The maximum absolute atomic E-state index is 5.56. The zero-order chi connectivity index (χ0) is 11.4. The summed E-state index contributed by atoms with van der Waals surface area (Å²) in [6, 6.07) is 0. The van der Waals surface area contributed by atoms with Gasteiger partial charge in [-0.1, -0.05) is 0 Å². The van der Waals surface area contributed by atoms with Gasteiger partial charge in [-0.05, 0) is 12.8 Å². The molecular weight excluding hydrogens is 204 g/mol. The van der Waals surface area contributed by atoms with E-state index in [1.807, 2.05) is 0 Å². The van der Waals surface area contributed by atoms with Crippen LogP contribution < -0.4 is 10.6 Å². The van der Waals surface area contributed by atoms with Crippen LogP contribution >= 0.6 is 0 Å². The molecule has 1 aromatic heterocycles. The Balaban J connectivity index is 2.10. The van der Waals surface area contributed by atoms with E-state index >= 15 is 0 Å². The average molecular weight is 222 g/mol. The largest absolute Gasteiger partial charge is 0.380 e. The van der Waals surface area contributed by atoms with E-state index in [2.05, 4.69) is 14.9 Å². The van der Waals surface area contributed by atoms with E-state index in [1.165, 1.54) is 0 Å². The van der Waals surface area contributed by atoms with E-state index in [1.54, 1.807) is 19.5 Å². The average Bonchev–Trinajstić information content (AvgIpc) is 2.39. The molecule has 88 valence electrons. The summed E-state index contributed by atoms with van der Waals surface area (Å²) in [5.74, 6) is 0.907. The fourth-order valence-corrected chi connectivity index (χ4v) is 1.98. The van der Waals surface area contributed by atoms with E-state index in [9.17, 15) is 0 Å². The molecule has 0 aliphatic carbocycles. The van der Waals surface area contributed by atoms with Gasteiger partial charge in [-0.2, -0.15) is 0 Å². The zero-order valence-corrected chi connectivity index (χ0v) is 9.59. The molecule has 1 atom stereocenters. The maximum atomic E-state index is 5.56. The van der Waals surface area contributed by atoms with Gasteiger partial charge in [0.05, 0.1) is 18.0 Å². The number of hydrogen-bond acceptors (Lipinski definition) is 5. The third-order valence-electron chi connectivity index (χ3n) is 2.92. The normalized spacial score (nSPS) is 21.1. The van der Waals surface area contributed by atoms with Gasteiger partial charge in [0.25, 0.3) is 0 Å². The van der Waals surface area contributed by atoms with E-state index in [0.29, 0.717) is 12.6 Å². The summed E-state index contributed by atoms with van der Waals surface area (Å²) in [6.07, 6.45) is 6.06. The van der Waals surface area contributed by atoms with Crippen molar-refractivity contribution in [1.82, 2.24) is 9.97 Å². The highest BCUT2D eigenvalue weighted by Crippen LogP contribution is 2.18. The van der Waals surface area contributed by atoms with Crippen molar-refractivity contribution in [2.24, 2.45) is 5.73 Å². The molecule has 1 aliphatic heterocycles. The van der Waals surface area contributed by atoms with Crippen LogP contribution in [0.3, 0.4) is 0 Å². The van der Waals surface area contributed by atoms with Crippen LogP contribution in [0, 0.1) is 0 Å². The number of anilines is 1. The maximum Gasteiger partial charge on any atom is 0.147 e. The second kappa shape index (κ2) is 5.23. The number of hydrogen-bond donors (Lipinski definition) is 1. The Morgan fingerprint density at radius 2 is 2.44 bits per heavy atom. The van der Waals surface area contributed by atoms with Crippen LogP contribution in [0.2, 0.25) is 0 Å². The molecule has 1 fully saturated rings. The van der Waals surface area contributed by atoms with Gasteiger partial charge >= 0.3 is 0 Å². The molecule has 5 nitrogen and oxygen atoms in total. The van der Waals surface area contributed by atoms with Crippen molar-refractivity contribution in [3.8, 4) is 0 Å². The van der Waals surface area contributed by atoms with E-state index in [-0.39, 0.29) is 0 Å². The zero-order valence-electron chi connectivity index (χ0n) is 9.59. The van der Waals surface area contributed by atoms with Crippen molar-refractivity contribution >= 4 is 5.82 Å². The topological polar surface area (TPSA) is 64.3 Å². The molecule has 0 bridgehead atoms. The van der Waals surface area contributed by atoms with Crippen LogP contribution in [0.5, 0.6) is 0 Å². The quantitative estimate of drug-likeness (QED) is 0.809. The van der Waals surface area contributed by atoms with Gasteiger partial charge in [-0.25, -0.2) is 4.98 Å². The highest BCUT2D eigenvalue weighted by molar-refractivity contribution is 5.37. The first-order valence-corrected chi connectivity index (χ1v) is 5.62. The van der Waals surface area contributed by atoms with Gasteiger partial charge in [0.1, 0.15) is 5.82 Å². The Bertz CT molecular complexity index is 345. The summed E-state index contributed by atoms with van der Waals surface area (Å²) < 4.78 is 5.38. The molecule has 2 N–H and O–H groups in total. The molecule has 2 rings (SSSR count). The van der Waals surface area contributed by atoms with Crippen LogP contribution in [-0.4, -0.2) is 36.3 Å². The molecule has 0 spiro atoms. The van der Waals surface area contributed by atoms with Gasteiger partial charge in [0, 0.05) is 32.9 Å². The lowest BCUT2D eigenvalue weighted by Crippen LogP contribution is -2.39. The second-order valence-electron chi connectivity index (χ2n) is 4.02. The van der Waals surface area contributed by atoms with Crippen LogP contribution in [0.1, 0.15) is 18.5 Å². The third-order valence-corrected chi connectivity index (χ3v) is 2.92. The molecule has 1 saturated heterocycles. The second-order valence-corrected chi connectivity index (χ2v) is 4.02. The third kappa shape index (κ3) is 2.48. The number of nitrogens with two attached hydrogens (primary N) is 1. The molecule has 1 aromatic rings. The molecular formula is C11H18N4O. The number of piperidine rings is 1. The minimum Gasteiger partial charge on any atom is -0.380 e. The van der Waals surface area contributed by atoms with Gasteiger partial charge in [0.2, 0.25) is 0 Å². The monoisotopic (exact) mass is 222 g/mol. The van der Waals surface area contributed by atoms with E-state index in [4.69, 9.17) is 10.5 Å². The molecule has 2 heterocycles. The molecule has 0 amide bonds. The summed E-state index contributed by atoms with van der Waals surface area (Å²) in [5, 5.41) is 0. The van der Waals surface area contributed by atoms with Crippen molar-refractivity contribution in [2.45, 2.75) is 25.5 Å². The van der Waals surface area contributed by atoms with Gasteiger partial charge in [-0.3, -0.25) is 4.98 Å². The molecule has 1 aliphatic rings. The molecule has 1 unspecified atom stereocenters. The standard InChI is InChI=1S/C11H18N4O/c1-16-10-3-2-4-15(8-10)11-7-13-6-9(5-12)14-11/h6-7,10H,2-5,8,12H2,1H3. The number of aromatic nitrogens is 2. The summed E-state index contributed by atoms with van der Waals surface area (Å²) in [5.41, 5.74) is 6.39. The first-order chi connectivity index (χ1) is 7.83. The van der Waals surface area contributed by atoms with Crippen molar-refractivity contribution in [3.05, 3.63) is 18.1 Å². The van der Waals surface area contributed by atoms with Crippen LogP contribution in [-0.2, 0) is 11.3 Å². The van der Waals surface area contributed by atoms with Crippen molar-refractivity contribution in [3.63, 3.8) is 0 Å². The smallest absolute Gasteiger partial charge is 0.147 e. The first-order valence-electron chi connectivity index (χ1n) is 5.62. The fraction of sp³-hybridized carbons (Fsp3) is 0.636. The number of rotatable bonds is 3. The SMILES string of the molecule is COC1CCCN(c2cncc(CN)n2)C1. The summed E-state index contributed by atoms with van der Waals surface area (Å²) in [7, 11) is 1.76. The number of ether oxygens (including phenoxy) is 1. The van der Waals surface area contributed by atoms with Gasteiger partial charge < -0.3 is 15.4 Å². The summed E-state index contributed by atoms with van der Waals surface area (Å²) >= 11 is 0. The molecule has 0 radical (unpaired) electrons. The lowest BCUT2D eigenvalue weighted by Gasteiger charge is -2.32. The lowest BCUT2D eigenvalue weighted by molar-refractivity contribution is 0.0891. The Morgan fingerprint density at radius 3 is 3.19 bits per heavy atom.